The molecular weight excluding hydrogens is 278 g/mol. The Kier molecular flexibility index (Phi) is 2.87. The minimum Gasteiger partial charge on any atom is -0.397 e. The van der Waals surface area contributed by atoms with Crippen LogP contribution < -0.4 is 5.73 Å². The largest absolute Gasteiger partial charge is 0.397 e. The fourth-order valence-electron chi connectivity index (χ4n) is 1.37. The van der Waals surface area contributed by atoms with Crippen LogP contribution >= 0.6 is 15.9 Å². The molecule has 0 bridgehead atoms. The standard InChI is InChI=1S/C11H7BrF2N2/c12-6-3-4-7(13)9(10(6)14)11-8(15)2-1-5-16-11/h1-5H,15H2. The van der Waals surface area contributed by atoms with E-state index in [0.29, 0.717) is 0 Å². The van der Waals surface area contributed by atoms with Gasteiger partial charge in [-0.05, 0) is 40.2 Å². The van der Waals surface area contributed by atoms with Crippen LogP contribution in [0, 0.1) is 11.6 Å². The number of pyridine rings is 1. The van der Waals surface area contributed by atoms with E-state index in [1.54, 1.807) is 12.1 Å². The third-order valence-electron chi connectivity index (χ3n) is 2.12. The second-order valence-electron chi connectivity index (χ2n) is 3.16. The molecule has 1 heterocycles. The highest BCUT2D eigenvalue weighted by Crippen LogP contribution is 2.32. The molecule has 5 heteroatoms. The van der Waals surface area contributed by atoms with Crippen molar-refractivity contribution in [3.8, 4) is 11.3 Å². The number of rotatable bonds is 1. The Morgan fingerprint density at radius 2 is 1.94 bits per heavy atom. The van der Waals surface area contributed by atoms with Crippen LogP contribution in [0.2, 0.25) is 0 Å². The molecule has 0 aliphatic rings. The van der Waals surface area contributed by atoms with Crippen LogP contribution in [0.3, 0.4) is 0 Å². The van der Waals surface area contributed by atoms with Gasteiger partial charge in [0.25, 0.3) is 0 Å². The summed E-state index contributed by atoms with van der Waals surface area (Å²) in [6, 6.07) is 5.61. The second kappa shape index (κ2) is 4.17. The van der Waals surface area contributed by atoms with E-state index >= 15 is 0 Å². The maximum atomic E-state index is 13.7. The van der Waals surface area contributed by atoms with Crippen molar-refractivity contribution in [2.45, 2.75) is 0 Å². The predicted octanol–water partition coefficient (Wildman–Crippen LogP) is 3.37. The number of nitrogens with zero attached hydrogens (tertiary/aromatic N) is 1. The molecule has 1 aromatic carbocycles. The van der Waals surface area contributed by atoms with Crippen molar-refractivity contribution in [2.75, 3.05) is 5.73 Å². The van der Waals surface area contributed by atoms with Gasteiger partial charge in [0.15, 0.2) is 0 Å². The topological polar surface area (TPSA) is 38.9 Å². The SMILES string of the molecule is Nc1cccnc1-c1c(F)ccc(Br)c1F. The van der Waals surface area contributed by atoms with Crippen LogP contribution in [0.25, 0.3) is 11.3 Å². The van der Waals surface area contributed by atoms with Gasteiger partial charge < -0.3 is 5.73 Å². The summed E-state index contributed by atoms with van der Waals surface area (Å²) >= 11 is 2.99. The number of anilines is 1. The van der Waals surface area contributed by atoms with Gasteiger partial charge in [-0.15, -0.1) is 0 Å². The van der Waals surface area contributed by atoms with Crippen molar-refractivity contribution < 1.29 is 8.78 Å². The average molecular weight is 285 g/mol. The third kappa shape index (κ3) is 1.78. The Balaban J connectivity index is 2.74. The van der Waals surface area contributed by atoms with Gasteiger partial charge in [0.05, 0.1) is 21.4 Å². The van der Waals surface area contributed by atoms with E-state index in [2.05, 4.69) is 20.9 Å². The molecule has 0 saturated heterocycles. The smallest absolute Gasteiger partial charge is 0.149 e. The van der Waals surface area contributed by atoms with Crippen LogP contribution in [0.4, 0.5) is 14.5 Å². The van der Waals surface area contributed by atoms with E-state index in [4.69, 9.17) is 5.73 Å². The number of halogens is 3. The minimum absolute atomic E-state index is 0.110. The van der Waals surface area contributed by atoms with Gasteiger partial charge in [-0.3, -0.25) is 4.98 Å². The molecule has 82 valence electrons. The van der Waals surface area contributed by atoms with Crippen molar-refractivity contribution in [2.24, 2.45) is 0 Å². The third-order valence-corrected chi connectivity index (χ3v) is 2.73. The van der Waals surface area contributed by atoms with Crippen molar-refractivity contribution in [1.82, 2.24) is 4.98 Å². The first-order valence-corrected chi connectivity index (χ1v) is 5.25. The lowest BCUT2D eigenvalue weighted by atomic mass is 10.1. The summed E-state index contributed by atoms with van der Waals surface area (Å²) in [6.07, 6.45) is 1.44. The van der Waals surface area contributed by atoms with E-state index < -0.39 is 11.6 Å². The van der Waals surface area contributed by atoms with Gasteiger partial charge >= 0.3 is 0 Å². The van der Waals surface area contributed by atoms with Crippen molar-refractivity contribution in [3.63, 3.8) is 0 Å². The molecule has 2 rings (SSSR count). The highest BCUT2D eigenvalue weighted by molar-refractivity contribution is 9.10. The van der Waals surface area contributed by atoms with Crippen LogP contribution in [0.5, 0.6) is 0 Å². The Labute approximate surface area is 99.2 Å². The van der Waals surface area contributed by atoms with Gasteiger partial charge in [-0.2, -0.15) is 0 Å². The molecule has 0 unspecified atom stereocenters. The van der Waals surface area contributed by atoms with E-state index in [9.17, 15) is 8.78 Å². The molecule has 0 aliphatic heterocycles. The number of benzene rings is 1. The lowest BCUT2D eigenvalue weighted by Gasteiger charge is -2.07. The Morgan fingerprint density at radius 3 is 2.62 bits per heavy atom. The number of aromatic nitrogens is 1. The fraction of sp³-hybridized carbons (Fsp3) is 0. The normalized spacial score (nSPS) is 10.4. The number of nitrogen functional groups attached to an aromatic ring is 1. The molecule has 1 aromatic heterocycles. The first-order chi connectivity index (χ1) is 7.61. The quantitative estimate of drug-likeness (QED) is 0.816. The monoisotopic (exact) mass is 284 g/mol. The predicted molar refractivity (Wildman–Crippen MR) is 61.7 cm³/mol. The lowest BCUT2D eigenvalue weighted by molar-refractivity contribution is 0.584. The molecule has 0 saturated carbocycles. The summed E-state index contributed by atoms with van der Waals surface area (Å²) in [7, 11) is 0. The van der Waals surface area contributed by atoms with Crippen LogP contribution in [-0.2, 0) is 0 Å². The molecule has 0 amide bonds. The van der Waals surface area contributed by atoms with Crippen LogP contribution in [-0.4, -0.2) is 4.98 Å². The van der Waals surface area contributed by atoms with Crippen molar-refractivity contribution in [3.05, 3.63) is 46.6 Å². The lowest BCUT2D eigenvalue weighted by Crippen LogP contribution is -1.98. The molecule has 16 heavy (non-hydrogen) atoms. The van der Waals surface area contributed by atoms with Gasteiger partial charge in [0, 0.05) is 6.20 Å². The van der Waals surface area contributed by atoms with Gasteiger partial charge in [-0.1, -0.05) is 0 Å². The number of nitrogens with two attached hydrogens (primary N) is 1. The Hall–Kier alpha value is -1.49. The van der Waals surface area contributed by atoms with E-state index in [-0.39, 0.29) is 21.4 Å². The Bertz CT molecular complexity index is 544. The second-order valence-corrected chi connectivity index (χ2v) is 4.01. The summed E-state index contributed by atoms with van der Waals surface area (Å²) in [4.78, 5) is 3.89. The summed E-state index contributed by atoms with van der Waals surface area (Å²) in [6.45, 7) is 0. The fourth-order valence-corrected chi connectivity index (χ4v) is 1.70. The molecule has 0 fully saturated rings. The van der Waals surface area contributed by atoms with Crippen molar-refractivity contribution in [1.29, 1.82) is 0 Å². The first kappa shape index (κ1) is 11.0. The van der Waals surface area contributed by atoms with Crippen LogP contribution in [0.1, 0.15) is 0 Å². The highest BCUT2D eigenvalue weighted by Gasteiger charge is 2.17. The van der Waals surface area contributed by atoms with E-state index in [1.807, 2.05) is 0 Å². The summed E-state index contributed by atoms with van der Waals surface area (Å²) in [5, 5.41) is 0. The molecule has 0 atom stereocenters. The molecule has 2 N–H and O–H groups in total. The zero-order valence-electron chi connectivity index (χ0n) is 8.05. The van der Waals surface area contributed by atoms with E-state index in [1.165, 1.54) is 12.3 Å². The highest BCUT2D eigenvalue weighted by atomic mass is 79.9. The van der Waals surface area contributed by atoms with Gasteiger partial charge in [-0.25, -0.2) is 8.78 Å². The minimum atomic E-state index is -0.703. The maximum absolute atomic E-state index is 13.7. The molecule has 2 nitrogen and oxygen atoms in total. The molecule has 2 aromatic rings. The molecule has 0 radical (unpaired) electrons. The number of hydrogen-bond acceptors (Lipinski definition) is 2. The molecule has 0 aliphatic carbocycles. The number of hydrogen-bond donors (Lipinski definition) is 1. The molecular formula is C11H7BrF2N2. The zero-order valence-corrected chi connectivity index (χ0v) is 9.63. The first-order valence-electron chi connectivity index (χ1n) is 4.45. The molecule has 0 spiro atoms. The summed E-state index contributed by atoms with van der Waals surface area (Å²) < 4.78 is 27.5. The van der Waals surface area contributed by atoms with Crippen LogP contribution in [0.15, 0.2) is 34.9 Å². The summed E-state index contributed by atoms with van der Waals surface area (Å²) in [5.74, 6) is -1.39. The van der Waals surface area contributed by atoms with Gasteiger partial charge in [0.2, 0.25) is 0 Å². The van der Waals surface area contributed by atoms with Crippen molar-refractivity contribution >= 4 is 21.6 Å². The van der Waals surface area contributed by atoms with Gasteiger partial charge in [0.1, 0.15) is 11.6 Å². The van der Waals surface area contributed by atoms with E-state index in [0.717, 1.165) is 6.07 Å². The zero-order chi connectivity index (χ0) is 11.7. The Morgan fingerprint density at radius 1 is 1.19 bits per heavy atom. The summed E-state index contributed by atoms with van der Waals surface area (Å²) in [5.41, 5.74) is 5.76. The maximum Gasteiger partial charge on any atom is 0.149 e. The average Bonchev–Trinajstić information content (AvgIpc) is 2.27.